The van der Waals surface area contributed by atoms with Crippen LogP contribution in [0.5, 0.6) is 5.75 Å². The van der Waals surface area contributed by atoms with Crippen LogP contribution < -0.4 is 4.74 Å². The Balaban J connectivity index is 2.25. The van der Waals surface area contributed by atoms with E-state index in [0.29, 0.717) is 5.92 Å². The van der Waals surface area contributed by atoms with Crippen LogP contribution in [0.1, 0.15) is 36.9 Å². The molecule has 1 aromatic carbocycles. The molecule has 0 saturated carbocycles. The van der Waals surface area contributed by atoms with Crippen molar-refractivity contribution in [1.29, 1.82) is 0 Å². The van der Waals surface area contributed by atoms with E-state index < -0.39 is 0 Å². The van der Waals surface area contributed by atoms with Gasteiger partial charge in [-0.3, -0.25) is 0 Å². The summed E-state index contributed by atoms with van der Waals surface area (Å²) in [5.41, 5.74) is 4.20. The summed E-state index contributed by atoms with van der Waals surface area (Å²) >= 11 is 0. The van der Waals surface area contributed by atoms with Crippen molar-refractivity contribution in [3.63, 3.8) is 0 Å². The van der Waals surface area contributed by atoms with Crippen molar-refractivity contribution in [2.45, 2.75) is 32.1 Å². The molecule has 1 aliphatic rings. The van der Waals surface area contributed by atoms with Gasteiger partial charge < -0.3 is 9.72 Å². The number of aromatic amines is 1. The molecule has 2 heteroatoms. The van der Waals surface area contributed by atoms with Crippen LogP contribution in [0.15, 0.2) is 18.2 Å². The highest BCUT2D eigenvalue weighted by atomic mass is 16.5. The smallest absolute Gasteiger partial charge is 0.119 e. The molecule has 0 bridgehead atoms. The highest BCUT2D eigenvalue weighted by molar-refractivity contribution is 5.86. The van der Waals surface area contributed by atoms with Crippen LogP contribution in [-0.2, 0) is 6.42 Å². The Morgan fingerprint density at radius 1 is 1.38 bits per heavy atom. The van der Waals surface area contributed by atoms with Crippen LogP contribution in [-0.4, -0.2) is 12.1 Å². The van der Waals surface area contributed by atoms with Gasteiger partial charge in [-0.25, -0.2) is 0 Å². The van der Waals surface area contributed by atoms with Crippen LogP contribution in [0.4, 0.5) is 0 Å². The molecule has 0 aliphatic heterocycles. The highest BCUT2D eigenvalue weighted by Crippen LogP contribution is 2.36. The first-order valence-corrected chi connectivity index (χ1v) is 5.98. The van der Waals surface area contributed by atoms with Gasteiger partial charge in [-0.05, 0) is 48.9 Å². The first-order valence-electron chi connectivity index (χ1n) is 5.98. The second-order valence-corrected chi connectivity index (χ2v) is 4.72. The summed E-state index contributed by atoms with van der Waals surface area (Å²) in [7, 11) is 1.73. The van der Waals surface area contributed by atoms with Crippen molar-refractivity contribution < 1.29 is 4.74 Å². The molecule has 0 spiro atoms. The largest absolute Gasteiger partial charge is 0.497 e. The maximum atomic E-state index is 5.30. The average molecular weight is 215 g/mol. The maximum Gasteiger partial charge on any atom is 0.119 e. The summed E-state index contributed by atoms with van der Waals surface area (Å²) in [5, 5.41) is 1.35. The van der Waals surface area contributed by atoms with Gasteiger partial charge in [-0.15, -0.1) is 0 Å². The number of aryl methyl sites for hydroxylation is 1. The summed E-state index contributed by atoms with van der Waals surface area (Å²) in [5.74, 6) is 1.62. The van der Waals surface area contributed by atoms with Crippen LogP contribution in [0, 0.1) is 0 Å². The molecule has 0 fully saturated rings. The molecule has 0 amide bonds. The molecule has 1 heterocycles. The standard InChI is InChI=1S/C14H17NO/c1-9-4-3-5-11-12-8-10(16-2)6-7-13(12)15-14(9)11/h6-9,15H,3-5H2,1-2H3. The van der Waals surface area contributed by atoms with Crippen LogP contribution in [0.2, 0.25) is 0 Å². The van der Waals surface area contributed by atoms with Crippen molar-refractivity contribution in [2.24, 2.45) is 0 Å². The van der Waals surface area contributed by atoms with Gasteiger partial charge in [0.1, 0.15) is 5.75 Å². The third-order valence-electron chi connectivity index (χ3n) is 3.70. The normalized spacial score (nSPS) is 19.8. The monoisotopic (exact) mass is 215 g/mol. The summed E-state index contributed by atoms with van der Waals surface area (Å²) in [6, 6.07) is 6.30. The number of rotatable bonds is 1. The first kappa shape index (κ1) is 9.76. The molecule has 0 saturated heterocycles. The van der Waals surface area contributed by atoms with E-state index in [0.717, 1.165) is 5.75 Å². The Labute approximate surface area is 95.6 Å². The van der Waals surface area contributed by atoms with Crippen molar-refractivity contribution in [3.8, 4) is 5.75 Å². The summed E-state index contributed by atoms with van der Waals surface area (Å²) in [6.07, 6.45) is 3.81. The van der Waals surface area contributed by atoms with Gasteiger partial charge in [0.25, 0.3) is 0 Å². The Morgan fingerprint density at radius 3 is 3.06 bits per heavy atom. The topological polar surface area (TPSA) is 25.0 Å². The third-order valence-corrected chi connectivity index (χ3v) is 3.70. The molecule has 2 nitrogen and oxygen atoms in total. The molecule has 84 valence electrons. The van der Waals surface area contributed by atoms with Crippen LogP contribution in [0.25, 0.3) is 10.9 Å². The summed E-state index contributed by atoms with van der Waals surface area (Å²) in [6.45, 7) is 2.31. The molecular formula is C14H17NO. The number of aromatic nitrogens is 1. The lowest BCUT2D eigenvalue weighted by atomic mass is 9.88. The fourth-order valence-corrected chi connectivity index (χ4v) is 2.79. The number of benzene rings is 1. The van der Waals surface area contributed by atoms with Gasteiger partial charge in [-0.1, -0.05) is 6.92 Å². The first-order chi connectivity index (χ1) is 7.79. The second-order valence-electron chi connectivity index (χ2n) is 4.72. The van der Waals surface area contributed by atoms with E-state index in [9.17, 15) is 0 Å². The van der Waals surface area contributed by atoms with Gasteiger partial charge in [0.2, 0.25) is 0 Å². The average Bonchev–Trinajstić information content (AvgIpc) is 2.68. The Bertz CT molecular complexity index is 527. The number of ether oxygens (including phenoxy) is 1. The minimum Gasteiger partial charge on any atom is -0.497 e. The predicted octanol–water partition coefficient (Wildman–Crippen LogP) is 3.62. The van der Waals surface area contributed by atoms with E-state index in [1.165, 1.54) is 41.4 Å². The molecule has 1 aromatic heterocycles. The highest BCUT2D eigenvalue weighted by Gasteiger charge is 2.20. The molecule has 1 atom stereocenters. The lowest BCUT2D eigenvalue weighted by Crippen LogP contribution is -2.05. The fraction of sp³-hybridized carbons (Fsp3) is 0.429. The molecule has 0 radical (unpaired) electrons. The van der Waals surface area contributed by atoms with Crippen molar-refractivity contribution >= 4 is 10.9 Å². The predicted molar refractivity (Wildman–Crippen MR) is 66.2 cm³/mol. The second kappa shape index (κ2) is 3.55. The summed E-state index contributed by atoms with van der Waals surface area (Å²) < 4.78 is 5.30. The Kier molecular flexibility index (Phi) is 2.16. The van der Waals surface area contributed by atoms with Gasteiger partial charge in [0.05, 0.1) is 7.11 Å². The van der Waals surface area contributed by atoms with Gasteiger partial charge >= 0.3 is 0 Å². The third kappa shape index (κ3) is 1.33. The minimum atomic E-state index is 0.669. The number of methoxy groups -OCH3 is 1. The zero-order chi connectivity index (χ0) is 11.1. The molecule has 3 rings (SSSR count). The number of nitrogens with one attached hydrogen (secondary N) is 1. The van der Waals surface area contributed by atoms with Gasteiger partial charge in [-0.2, -0.15) is 0 Å². The number of fused-ring (bicyclic) bond motifs is 3. The number of hydrogen-bond acceptors (Lipinski definition) is 1. The zero-order valence-electron chi connectivity index (χ0n) is 9.84. The van der Waals surface area contributed by atoms with Crippen molar-refractivity contribution in [3.05, 3.63) is 29.5 Å². The van der Waals surface area contributed by atoms with Crippen LogP contribution in [0.3, 0.4) is 0 Å². The van der Waals surface area contributed by atoms with E-state index >= 15 is 0 Å². The molecule has 1 N–H and O–H groups in total. The minimum absolute atomic E-state index is 0.669. The molecule has 1 aliphatic carbocycles. The van der Waals surface area contributed by atoms with Crippen molar-refractivity contribution in [2.75, 3.05) is 7.11 Å². The summed E-state index contributed by atoms with van der Waals surface area (Å²) in [4.78, 5) is 3.56. The Morgan fingerprint density at radius 2 is 2.25 bits per heavy atom. The molecule has 1 unspecified atom stereocenters. The van der Waals surface area contributed by atoms with E-state index in [4.69, 9.17) is 4.74 Å². The van der Waals surface area contributed by atoms with E-state index in [1.54, 1.807) is 7.11 Å². The maximum absolute atomic E-state index is 5.30. The number of H-pyrrole nitrogens is 1. The Hall–Kier alpha value is -1.44. The SMILES string of the molecule is COc1ccc2[nH]c3c(c2c1)CCCC3C. The van der Waals surface area contributed by atoms with E-state index in [1.807, 2.05) is 6.07 Å². The molecule has 2 aromatic rings. The zero-order valence-corrected chi connectivity index (χ0v) is 9.84. The molecular weight excluding hydrogens is 198 g/mol. The van der Waals surface area contributed by atoms with Crippen molar-refractivity contribution in [1.82, 2.24) is 4.98 Å². The molecule has 16 heavy (non-hydrogen) atoms. The lowest BCUT2D eigenvalue weighted by Gasteiger charge is -2.18. The van der Waals surface area contributed by atoms with Gasteiger partial charge in [0.15, 0.2) is 0 Å². The van der Waals surface area contributed by atoms with Gasteiger partial charge in [0, 0.05) is 16.6 Å². The van der Waals surface area contributed by atoms with E-state index in [-0.39, 0.29) is 0 Å². The van der Waals surface area contributed by atoms with E-state index in [2.05, 4.69) is 24.0 Å². The quantitative estimate of drug-likeness (QED) is 0.772. The fourth-order valence-electron chi connectivity index (χ4n) is 2.79. The van der Waals surface area contributed by atoms with Crippen LogP contribution >= 0.6 is 0 Å². The number of hydrogen-bond donors (Lipinski definition) is 1. The lowest BCUT2D eigenvalue weighted by molar-refractivity contribution is 0.415.